The summed E-state index contributed by atoms with van der Waals surface area (Å²) in [4.78, 5) is 0.328. The first-order valence-electron chi connectivity index (χ1n) is 5.73. The highest BCUT2D eigenvalue weighted by molar-refractivity contribution is 7.89. The number of nitrogens with two attached hydrogens (primary N) is 1. The molecule has 0 saturated carbocycles. The zero-order chi connectivity index (χ0) is 12.9. The fraction of sp³-hybridized carbons (Fsp3) is 0.500. The molecule has 1 rings (SSSR count). The number of hydrogen-bond donors (Lipinski definition) is 1. The Kier molecular flexibility index (Phi) is 5.11. The molecule has 0 aromatic heterocycles. The Bertz CT molecular complexity index is 429. The zero-order valence-electron chi connectivity index (χ0n) is 10.3. The molecule has 0 saturated heterocycles. The number of hydrogen-bond acceptors (Lipinski definition) is 3. The summed E-state index contributed by atoms with van der Waals surface area (Å²) in [6.07, 6.45) is 0. The van der Waals surface area contributed by atoms with E-state index < -0.39 is 10.0 Å². The van der Waals surface area contributed by atoms with Crippen LogP contribution in [-0.2, 0) is 10.0 Å². The van der Waals surface area contributed by atoms with E-state index in [4.69, 9.17) is 5.73 Å². The molecule has 0 aliphatic heterocycles. The third-order valence-electron chi connectivity index (χ3n) is 2.33. The minimum absolute atomic E-state index is 0.278. The molecule has 5 heteroatoms. The summed E-state index contributed by atoms with van der Waals surface area (Å²) < 4.78 is 26.1. The van der Waals surface area contributed by atoms with Crippen LogP contribution in [0.2, 0.25) is 0 Å². The van der Waals surface area contributed by atoms with E-state index in [9.17, 15) is 8.42 Å². The molecule has 2 N–H and O–H groups in total. The molecule has 0 fully saturated rings. The Hall–Kier alpha value is -0.910. The van der Waals surface area contributed by atoms with E-state index in [0.29, 0.717) is 24.5 Å². The number of benzene rings is 1. The normalized spacial score (nSPS) is 12.3. The van der Waals surface area contributed by atoms with Gasteiger partial charge in [0, 0.05) is 19.6 Å². The van der Waals surface area contributed by atoms with E-state index in [1.54, 1.807) is 30.3 Å². The highest BCUT2D eigenvalue weighted by atomic mass is 32.2. The van der Waals surface area contributed by atoms with Crippen molar-refractivity contribution in [1.82, 2.24) is 4.31 Å². The second kappa shape index (κ2) is 6.14. The molecular formula is C12H20N2O2S. The second-order valence-corrected chi connectivity index (χ2v) is 6.30. The van der Waals surface area contributed by atoms with Gasteiger partial charge in [-0.15, -0.1) is 0 Å². The SMILES string of the molecule is CC(C)CN(CCN)S(=O)(=O)c1ccccc1. The van der Waals surface area contributed by atoms with Gasteiger partial charge >= 0.3 is 0 Å². The third-order valence-corrected chi connectivity index (χ3v) is 4.21. The standard InChI is InChI=1S/C12H20N2O2S/c1-11(2)10-14(9-8-13)17(15,16)12-6-4-3-5-7-12/h3-7,11H,8-10,13H2,1-2H3. The van der Waals surface area contributed by atoms with Crippen LogP contribution in [0.1, 0.15) is 13.8 Å². The molecule has 0 aliphatic carbocycles. The van der Waals surface area contributed by atoms with Gasteiger partial charge in [-0.2, -0.15) is 4.31 Å². The van der Waals surface area contributed by atoms with Crippen LogP contribution >= 0.6 is 0 Å². The first-order chi connectivity index (χ1) is 7.98. The fourth-order valence-electron chi connectivity index (χ4n) is 1.60. The van der Waals surface area contributed by atoms with E-state index in [2.05, 4.69) is 0 Å². The van der Waals surface area contributed by atoms with Gasteiger partial charge in [0.05, 0.1) is 4.90 Å². The third kappa shape index (κ3) is 3.80. The lowest BCUT2D eigenvalue weighted by molar-refractivity contribution is 0.373. The maximum atomic E-state index is 12.3. The Morgan fingerprint density at radius 3 is 2.29 bits per heavy atom. The maximum Gasteiger partial charge on any atom is 0.243 e. The lowest BCUT2D eigenvalue weighted by Gasteiger charge is -2.23. The summed E-state index contributed by atoms with van der Waals surface area (Å²) in [7, 11) is -3.40. The van der Waals surface area contributed by atoms with Crippen LogP contribution in [0.3, 0.4) is 0 Å². The van der Waals surface area contributed by atoms with Crippen molar-refractivity contribution in [2.24, 2.45) is 11.7 Å². The van der Waals surface area contributed by atoms with Crippen LogP contribution in [0.15, 0.2) is 35.2 Å². The van der Waals surface area contributed by atoms with Gasteiger partial charge in [0.2, 0.25) is 10.0 Å². The van der Waals surface area contributed by atoms with E-state index >= 15 is 0 Å². The van der Waals surface area contributed by atoms with Crippen LogP contribution in [0.5, 0.6) is 0 Å². The summed E-state index contributed by atoms with van der Waals surface area (Å²) >= 11 is 0. The van der Waals surface area contributed by atoms with Crippen molar-refractivity contribution in [2.75, 3.05) is 19.6 Å². The van der Waals surface area contributed by atoms with Crippen molar-refractivity contribution in [3.8, 4) is 0 Å². The molecule has 0 unspecified atom stereocenters. The molecule has 96 valence electrons. The molecule has 0 aliphatic rings. The molecule has 0 heterocycles. The van der Waals surface area contributed by atoms with Crippen LogP contribution in [0.4, 0.5) is 0 Å². The largest absolute Gasteiger partial charge is 0.329 e. The lowest BCUT2D eigenvalue weighted by Crippen LogP contribution is -2.37. The van der Waals surface area contributed by atoms with Crippen LogP contribution in [0, 0.1) is 5.92 Å². The van der Waals surface area contributed by atoms with E-state index in [1.165, 1.54) is 4.31 Å². The molecule has 1 aromatic rings. The topological polar surface area (TPSA) is 63.4 Å². The summed E-state index contributed by atoms with van der Waals surface area (Å²) in [6, 6.07) is 8.47. The smallest absolute Gasteiger partial charge is 0.243 e. The molecule has 0 amide bonds. The van der Waals surface area contributed by atoms with Gasteiger partial charge in [-0.25, -0.2) is 8.42 Å². The van der Waals surface area contributed by atoms with E-state index in [1.807, 2.05) is 13.8 Å². The Balaban J connectivity index is 3.00. The Morgan fingerprint density at radius 1 is 1.24 bits per heavy atom. The van der Waals surface area contributed by atoms with Gasteiger partial charge < -0.3 is 5.73 Å². The van der Waals surface area contributed by atoms with Gasteiger partial charge in [0.15, 0.2) is 0 Å². The van der Waals surface area contributed by atoms with Crippen molar-refractivity contribution in [3.63, 3.8) is 0 Å². The highest BCUT2D eigenvalue weighted by Gasteiger charge is 2.23. The summed E-state index contributed by atoms with van der Waals surface area (Å²) in [5, 5.41) is 0. The summed E-state index contributed by atoms with van der Waals surface area (Å²) in [6.45, 7) is 5.16. The molecule has 17 heavy (non-hydrogen) atoms. The lowest BCUT2D eigenvalue weighted by atomic mass is 10.2. The van der Waals surface area contributed by atoms with Crippen LogP contribution in [0.25, 0.3) is 0 Å². The van der Waals surface area contributed by atoms with Crippen molar-refractivity contribution in [3.05, 3.63) is 30.3 Å². The molecule has 4 nitrogen and oxygen atoms in total. The van der Waals surface area contributed by atoms with Crippen molar-refractivity contribution >= 4 is 10.0 Å². The van der Waals surface area contributed by atoms with Crippen molar-refractivity contribution < 1.29 is 8.42 Å². The molecule has 0 radical (unpaired) electrons. The average molecular weight is 256 g/mol. The van der Waals surface area contributed by atoms with Crippen LogP contribution < -0.4 is 5.73 Å². The van der Waals surface area contributed by atoms with Crippen molar-refractivity contribution in [2.45, 2.75) is 18.7 Å². The van der Waals surface area contributed by atoms with E-state index in [-0.39, 0.29) is 5.92 Å². The number of sulfonamides is 1. The minimum atomic E-state index is -3.40. The highest BCUT2D eigenvalue weighted by Crippen LogP contribution is 2.16. The van der Waals surface area contributed by atoms with Crippen molar-refractivity contribution in [1.29, 1.82) is 0 Å². The van der Waals surface area contributed by atoms with Gasteiger partial charge in [-0.3, -0.25) is 0 Å². The van der Waals surface area contributed by atoms with Crippen LogP contribution in [-0.4, -0.2) is 32.4 Å². The Morgan fingerprint density at radius 2 is 1.82 bits per heavy atom. The number of rotatable bonds is 6. The fourth-order valence-corrected chi connectivity index (χ4v) is 3.24. The molecule has 0 spiro atoms. The second-order valence-electron chi connectivity index (χ2n) is 4.36. The minimum Gasteiger partial charge on any atom is -0.329 e. The first-order valence-corrected chi connectivity index (χ1v) is 7.17. The molecule has 1 aromatic carbocycles. The Labute approximate surface area is 103 Å². The molecular weight excluding hydrogens is 236 g/mol. The maximum absolute atomic E-state index is 12.3. The average Bonchev–Trinajstić information content (AvgIpc) is 2.29. The van der Waals surface area contributed by atoms with Gasteiger partial charge in [0.25, 0.3) is 0 Å². The quantitative estimate of drug-likeness (QED) is 0.834. The molecule has 0 atom stereocenters. The summed E-state index contributed by atoms with van der Waals surface area (Å²) in [5.41, 5.74) is 5.47. The predicted molar refractivity (Wildman–Crippen MR) is 69.1 cm³/mol. The zero-order valence-corrected chi connectivity index (χ0v) is 11.2. The van der Waals surface area contributed by atoms with E-state index in [0.717, 1.165) is 0 Å². The monoisotopic (exact) mass is 256 g/mol. The number of nitrogens with zero attached hydrogens (tertiary/aromatic N) is 1. The summed E-state index contributed by atoms with van der Waals surface area (Å²) in [5.74, 6) is 0.278. The van der Waals surface area contributed by atoms with Gasteiger partial charge in [-0.1, -0.05) is 32.0 Å². The first kappa shape index (κ1) is 14.2. The van der Waals surface area contributed by atoms with Gasteiger partial charge in [-0.05, 0) is 18.1 Å². The molecule has 0 bridgehead atoms. The van der Waals surface area contributed by atoms with Gasteiger partial charge in [0.1, 0.15) is 0 Å². The predicted octanol–water partition coefficient (Wildman–Crippen LogP) is 1.29.